The molecule has 2 heterocycles. The van der Waals surface area contributed by atoms with E-state index in [9.17, 15) is 4.79 Å². The lowest BCUT2D eigenvalue weighted by Gasteiger charge is -2.22. The average Bonchev–Trinajstić information content (AvgIpc) is 2.74. The number of rotatable bonds is 3. The molecule has 0 bridgehead atoms. The molecule has 0 saturated carbocycles. The highest BCUT2D eigenvalue weighted by molar-refractivity contribution is 9.11. The lowest BCUT2D eigenvalue weighted by Crippen LogP contribution is -2.38. The first kappa shape index (κ1) is 15.0. The SMILES string of the molecule is Cl.O=C(NCC1CCCNC1)c1csc(Br)c1. The van der Waals surface area contributed by atoms with Crippen LogP contribution in [-0.2, 0) is 0 Å². The van der Waals surface area contributed by atoms with Crippen LogP contribution < -0.4 is 10.6 Å². The van der Waals surface area contributed by atoms with Crippen molar-refractivity contribution in [3.8, 4) is 0 Å². The second kappa shape index (κ2) is 7.36. The Morgan fingerprint density at radius 3 is 3.06 bits per heavy atom. The molecule has 1 saturated heterocycles. The Kier molecular flexibility index (Phi) is 6.48. The number of hydrogen-bond acceptors (Lipinski definition) is 3. The predicted octanol–water partition coefficient (Wildman–Crippen LogP) is 2.66. The van der Waals surface area contributed by atoms with Crippen LogP contribution in [0.5, 0.6) is 0 Å². The van der Waals surface area contributed by atoms with Gasteiger partial charge in [0.15, 0.2) is 0 Å². The number of carbonyl (C=O) groups is 1. The summed E-state index contributed by atoms with van der Waals surface area (Å²) >= 11 is 4.89. The average molecular weight is 340 g/mol. The van der Waals surface area contributed by atoms with Gasteiger partial charge in [-0.25, -0.2) is 0 Å². The largest absolute Gasteiger partial charge is 0.352 e. The Morgan fingerprint density at radius 2 is 2.47 bits per heavy atom. The van der Waals surface area contributed by atoms with E-state index in [0.717, 1.165) is 29.0 Å². The second-order valence-corrected chi connectivity index (χ2v) is 6.35. The van der Waals surface area contributed by atoms with E-state index in [0.29, 0.717) is 5.92 Å². The molecule has 1 amide bonds. The van der Waals surface area contributed by atoms with Crippen molar-refractivity contribution in [1.82, 2.24) is 10.6 Å². The fraction of sp³-hybridized carbons (Fsp3) is 0.545. The molecule has 1 aliphatic heterocycles. The summed E-state index contributed by atoms with van der Waals surface area (Å²) in [6, 6.07) is 1.86. The van der Waals surface area contributed by atoms with Gasteiger partial charge in [0.05, 0.1) is 9.35 Å². The van der Waals surface area contributed by atoms with Gasteiger partial charge in [0, 0.05) is 11.9 Å². The van der Waals surface area contributed by atoms with Gasteiger partial charge in [0.2, 0.25) is 0 Å². The third-order valence-electron chi connectivity index (χ3n) is 2.78. The molecule has 2 N–H and O–H groups in total. The monoisotopic (exact) mass is 338 g/mol. The molecular weight excluding hydrogens is 324 g/mol. The number of amides is 1. The summed E-state index contributed by atoms with van der Waals surface area (Å²) in [5.41, 5.74) is 0.751. The molecular formula is C11H16BrClN2OS. The molecule has 0 spiro atoms. The zero-order valence-corrected chi connectivity index (χ0v) is 12.6. The van der Waals surface area contributed by atoms with Crippen LogP contribution in [0.1, 0.15) is 23.2 Å². The molecule has 0 aliphatic carbocycles. The van der Waals surface area contributed by atoms with Gasteiger partial charge >= 0.3 is 0 Å². The van der Waals surface area contributed by atoms with Crippen molar-refractivity contribution < 1.29 is 4.79 Å². The fourth-order valence-electron chi connectivity index (χ4n) is 1.87. The molecule has 0 radical (unpaired) electrons. The van der Waals surface area contributed by atoms with Crippen molar-refractivity contribution >= 4 is 45.6 Å². The molecule has 96 valence electrons. The van der Waals surface area contributed by atoms with Crippen molar-refractivity contribution in [2.45, 2.75) is 12.8 Å². The van der Waals surface area contributed by atoms with Crippen LogP contribution in [0.25, 0.3) is 0 Å². The van der Waals surface area contributed by atoms with E-state index in [1.165, 1.54) is 24.2 Å². The van der Waals surface area contributed by atoms with Crippen LogP contribution >= 0.6 is 39.7 Å². The van der Waals surface area contributed by atoms with Gasteiger partial charge in [0.1, 0.15) is 0 Å². The lowest BCUT2D eigenvalue weighted by atomic mass is 10.00. The van der Waals surface area contributed by atoms with Gasteiger partial charge in [-0.1, -0.05) is 0 Å². The van der Waals surface area contributed by atoms with Gasteiger partial charge in [-0.05, 0) is 53.8 Å². The van der Waals surface area contributed by atoms with E-state index < -0.39 is 0 Å². The highest BCUT2D eigenvalue weighted by atomic mass is 79.9. The van der Waals surface area contributed by atoms with Gasteiger partial charge in [0.25, 0.3) is 5.91 Å². The molecule has 1 aromatic heterocycles. The van der Waals surface area contributed by atoms with Crippen molar-refractivity contribution in [3.63, 3.8) is 0 Å². The van der Waals surface area contributed by atoms with E-state index in [-0.39, 0.29) is 18.3 Å². The van der Waals surface area contributed by atoms with Gasteiger partial charge in [-0.15, -0.1) is 23.7 Å². The maximum Gasteiger partial charge on any atom is 0.252 e. The van der Waals surface area contributed by atoms with E-state index in [4.69, 9.17) is 0 Å². The molecule has 1 aromatic rings. The molecule has 2 rings (SSSR count). The Bertz CT molecular complexity index is 366. The van der Waals surface area contributed by atoms with E-state index >= 15 is 0 Å². The highest BCUT2D eigenvalue weighted by Gasteiger charge is 2.14. The summed E-state index contributed by atoms with van der Waals surface area (Å²) in [5, 5.41) is 8.21. The van der Waals surface area contributed by atoms with Gasteiger partial charge < -0.3 is 10.6 Å². The quantitative estimate of drug-likeness (QED) is 0.889. The minimum Gasteiger partial charge on any atom is -0.352 e. The zero-order chi connectivity index (χ0) is 11.4. The second-order valence-electron chi connectivity index (χ2n) is 4.06. The predicted molar refractivity (Wildman–Crippen MR) is 77.2 cm³/mol. The minimum atomic E-state index is 0. The summed E-state index contributed by atoms with van der Waals surface area (Å²) in [7, 11) is 0. The number of nitrogens with one attached hydrogen (secondary N) is 2. The number of hydrogen-bond donors (Lipinski definition) is 2. The molecule has 1 atom stereocenters. The number of carbonyl (C=O) groups excluding carboxylic acids is 1. The van der Waals surface area contributed by atoms with E-state index in [1.807, 2.05) is 11.4 Å². The summed E-state index contributed by atoms with van der Waals surface area (Å²) in [5.74, 6) is 0.618. The normalized spacial score (nSPS) is 19.5. The van der Waals surface area contributed by atoms with Crippen LogP contribution in [0.4, 0.5) is 0 Å². The summed E-state index contributed by atoms with van der Waals surface area (Å²) < 4.78 is 0.997. The van der Waals surface area contributed by atoms with Gasteiger partial charge in [-0.3, -0.25) is 4.79 Å². The fourth-order valence-corrected chi connectivity index (χ4v) is 3.00. The van der Waals surface area contributed by atoms with E-state index in [2.05, 4.69) is 26.6 Å². The Labute approximate surface area is 120 Å². The summed E-state index contributed by atoms with van der Waals surface area (Å²) in [4.78, 5) is 11.8. The minimum absolute atomic E-state index is 0. The summed E-state index contributed by atoms with van der Waals surface area (Å²) in [6.07, 6.45) is 2.42. The first-order valence-electron chi connectivity index (χ1n) is 5.48. The van der Waals surface area contributed by atoms with Gasteiger partial charge in [-0.2, -0.15) is 0 Å². The number of thiophene rings is 1. The number of piperidine rings is 1. The topological polar surface area (TPSA) is 41.1 Å². The van der Waals surface area contributed by atoms with Crippen molar-refractivity contribution in [3.05, 3.63) is 20.8 Å². The maximum absolute atomic E-state index is 11.8. The molecule has 3 nitrogen and oxygen atoms in total. The van der Waals surface area contributed by atoms with Crippen LogP contribution in [0.3, 0.4) is 0 Å². The van der Waals surface area contributed by atoms with Crippen LogP contribution in [-0.4, -0.2) is 25.5 Å². The third kappa shape index (κ3) is 4.58. The molecule has 1 aliphatic rings. The highest BCUT2D eigenvalue weighted by Crippen LogP contribution is 2.20. The Morgan fingerprint density at radius 1 is 1.65 bits per heavy atom. The zero-order valence-electron chi connectivity index (χ0n) is 9.37. The molecule has 17 heavy (non-hydrogen) atoms. The van der Waals surface area contributed by atoms with Crippen LogP contribution in [0.15, 0.2) is 15.2 Å². The van der Waals surface area contributed by atoms with Crippen LogP contribution in [0.2, 0.25) is 0 Å². The van der Waals surface area contributed by atoms with E-state index in [1.54, 1.807) is 0 Å². The summed E-state index contributed by atoms with van der Waals surface area (Å²) in [6.45, 7) is 2.91. The molecule has 6 heteroatoms. The van der Waals surface area contributed by atoms with Crippen molar-refractivity contribution in [2.24, 2.45) is 5.92 Å². The first-order valence-corrected chi connectivity index (χ1v) is 7.16. The maximum atomic E-state index is 11.8. The number of halogens is 2. The Hall–Kier alpha value is -0.100. The van der Waals surface area contributed by atoms with Crippen LogP contribution in [0, 0.1) is 5.92 Å². The Balaban J connectivity index is 0.00000144. The molecule has 1 fully saturated rings. The molecule has 0 aromatic carbocycles. The first-order chi connectivity index (χ1) is 7.75. The third-order valence-corrected chi connectivity index (χ3v) is 4.28. The van der Waals surface area contributed by atoms with Crippen molar-refractivity contribution in [2.75, 3.05) is 19.6 Å². The molecule has 1 unspecified atom stereocenters. The lowest BCUT2D eigenvalue weighted by molar-refractivity contribution is 0.0945. The smallest absolute Gasteiger partial charge is 0.252 e. The standard InChI is InChI=1S/C11H15BrN2OS.ClH/c12-10-4-9(7-16-10)11(15)14-6-8-2-1-3-13-5-8;/h4,7-8,13H,1-3,5-6H2,(H,14,15);1H. The van der Waals surface area contributed by atoms with Crippen molar-refractivity contribution in [1.29, 1.82) is 0 Å².